The molecule has 3 unspecified atom stereocenters. The van der Waals surface area contributed by atoms with Crippen molar-refractivity contribution in [3.05, 3.63) is 0 Å². The maximum atomic E-state index is 12.0. The molecule has 24 heavy (non-hydrogen) atoms. The van der Waals surface area contributed by atoms with Crippen LogP contribution in [0.4, 0.5) is 0 Å². The molecule has 0 radical (unpaired) electrons. The van der Waals surface area contributed by atoms with Crippen LogP contribution in [0.25, 0.3) is 0 Å². The van der Waals surface area contributed by atoms with Crippen LogP contribution in [0.15, 0.2) is 0 Å². The molecule has 0 aromatic heterocycles. The van der Waals surface area contributed by atoms with E-state index in [1.54, 1.807) is 0 Å². The van der Waals surface area contributed by atoms with Gasteiger partial charge in [-0.2, -0.15) is 0 Å². The molecule has 12 nitrogen and oxygen atoms in total. The summed E-state index contributed by atoms with van der Waals surface area (Å²) in [5.74, 6) is -6.39. The van der Waals surface area contributed by atoms with Crippen LogP contribution < -0.4 is 16.4 Å². The molecule has 0 aliphatic heterocycles. The van der Waals surface area contributed by atoms with Crippen LogP contribution in [0.1, 0.15) is 19.3 Å². The van der Waals surface area contributed by atoms with Crippen molar-refractivity contribution in [1.82, 2.24) is 10.6 Å². The van der Waals surface area contributed by atoms with Crippen molar-refractivity contribution in [2.45, 2.75) is 37.4 Å². The van der Waals surface area contributed by atoms with Crippen LogP contribution >= 0.6 is 0 Å². The number of carbonyl (C=O) groups excluding carboxylic acids is 2. The van der Waals surface area contributed by atoms with E-state index in [1.165, 1.54) is 0 Å². The Morgan fingerprint density at radius 2 is 1.42 bits per heavy atom. The van der Waals surface area contributed by atoms with Crippen molar-refractivity contribution in [2.24, 2.45) is 5.73 Å². The fourth-order valence-corrected chi connectivity index (χ4v) is 1.55. The van der Waals surface area contributed by atoms with Gasteiger partial charge in [-0.25, -0.2) is 4.79 Å². The maximum Gasteiger partial charge on any atom is 0.326 e. The van der Waals surface area contributed by atoms with Gasteiger partial charge in [0.05, 0.1) is 13.0 Å². The molecule has 0 heterocycles. The molecule has 0 rings (SSSR count). The summed E-state index contributed by atoms with van der Waals surface area (Å²) in [4.78, 5) is 55.7. The highest BCUT2D eigenvalue weighted by Gasteiger charge is 2.29. The third-order valence-electron chi connectivity index (χ3n) is 2.81. The number of carboxylic acids is 3. The Labute approximate surface area is 135 Å². The van der Waals surface area contributed by atoms with Crippen molar-refractivity contribution in [2.75, 3.05) is 6.61 Å². The molecule has 0 aliphatic rings. The molecule has 2 amide bonds. The number of nitrogens with one attached hydrogen (secondary N) is 2. The van der Waals surface area contributed by atoms with Crippen molar-refractivity contribution in [3.8, 4) is 0 Å². The smallest absolute Gasteiger partial charge is 0.326 e. The average molecular weight is 349 g/mol. The van der Waals surface area contributed by atoms with Gasteiger partial charge >= 0.3 is 17.9 Å². The molecule has 3 atom stereocenters. The van der Waals surface area contributed by atoms with Crippen molar-refractivity contribution >= 4 is 29.7 Å². The lowest BCUT2D eigenvalue weighted by molar-refractivity contribution is -0.147. The Bertz CT molecular complexity index is 508. The lowest BCUT2D eigenvalue weighted by Crippen LogP contribution is -2.55. The van der Waals surface area contributed by atoms with Gasteiger partial charge in [0.1, 0.15) is 18.1 Å². The van der Waals surface area contributed by atoms with E-state index in [9.17, 15) is 24.0 Å². The zero-order valence-corrected chi connectivity index (χ0v) is 12.5. The van der Waals surface area contributed by atoms with Gasteiger partial charge in [0, 0.05) is 6.42 Å². The van der Waals surface area contributed by atoms with Gasteiger partial charge in [0.15, 0.2) is 0 Å². The highest BCUT2D eigenvalue weighted by atomic mass is 16.4. The van der Waals surface area contributed by atoms with E-state index in [-0.39, 0.29) is 6.42 Å². The molecule has 0 aromatic carbocycles. The predicted octanol–water partition coefficient (Wildman–Crippen LogP) is -3.30. The number of rotatable bonds is 11. The standard InChI is InChI=1S/C12H19N3O9/c13-5(4-16)10(21)14-6(1-2-8(17)18)11(22)15-7(12(23)24)3-9(19)20/h5-7,16H,1-4,13H2,(H,14,21)(H,15,22)(H,17,18)(H,19,20)(H,23,24). The predicted molar refractivity (Wildman–Crippen MR) is 75.7 cm³/mol. The quantitative estimate of drug-likeness (QED) is 0.197. The van der Waals surface area contributed by atoms with Gasteiger partial charge in [0.2, 0.25) is 11.8 Å². The summed E-state index contributed by atoms with van der Waals surface area (Å²) in [5, 5.41) is 38.9. The first-order valence-corrected chi connectivity index (χ1v) is 6.72. The van der Waals surface area contributed by atoms with Crippen molar-refractivity contribution < 1.29 is 44.4 Å². The molecule has 0 bridgehead atoms. The topological polar surface area (TPSA) is 216 Å². The van der Waals surface area contributed by atoms with Gasteiger partial charge in [-0.1, -0.05) is 0 Å². The zero-order valence-electron chi connectivity index (χ0n) is 12.5. The van der Waals surface area contributed by atoms with E-state index < -0.39 is 67.3 Å². The molecule has 0 aromatic rings. The molecular formula is C12H19N3O9. The number of hydrogen-bond donors (Lipinski definition) is 7. The molecule has 136 valence electrons. The molecular weight excluding hydrogens is 330 g/mol. The highest BCUT2D eigenvalue weighted by Crippen LogP contribution is 2.02. The van der Waals surface area contributed by atoms with Gasteiger partial charge < -0.3 is 36.8 Å². The Balaban J connectivity index is 5.05. The molecule has 0 saturated heterocycles. The lowest BCUT2D eigenvalue weighted by Gasteiger charge is -2.21. The van der Waals surface area contributed by atoms with E-state index in [2.05, 4.69) is 5.32 Å². The second kappa shape index (κ2) is 10.1. The minimum Gasteiger partial charge on any atom is -0.481 e. The zero-order chi connectivity index (χ0) is 18.9. The highest BCUT2D eigenvalue weighted by molar-refractivity contribution is 5.93. The maximum absolute atomic E-state index is 12.0. The summed E-state index contributed by atoms with van der Waals surface area (Å²) in [6.07, 6.45) is -1.81. The van der Waals surface area contributed by atoms with Crippen LogP contribution in [0.3, 0.4) is 0 Å². The van der Waals surface area contributed by atoms with Crippen LogP contribution in [0.2, 0.25) is 0 Å². The summed E-state index contributed by atoms with van der Waals surface area (Å²) in [6.45, 7) is -0.726. The molecule has 0 fully saturated rings. The fraction of sp³-hybridized carbons (Fsp3) is 0.583. The lowest BCUT2D eigenvalue weighted by atomic mass is 10.1. The van der Waals surface area contributed by atoms with Gasteiger partial charge in [-0.3, -0.25) is 19.2 Å². The van der Waals surface area contributed by atoms with Gasteiger partial charge in [-0.05, 0) is 6.42 Å². The summed E-state index contributed by atoms with van der Waals surface area (Å²) in [5.41, 5.74) is 5.25. The normalized spacial score (nSPS) is 14.1. The number of carbonyl (C=O) groups is 5. The minimum atomic E-state index is -1.76. The number of aliphatic carboxylic acids is 3. The van der Waals surface area contributed by atoms with Crippen LogP contribution in [0.5, 0.6) is 0 Å². The Morgan fingerprint density at radius 3 is 1.83 bits per heavy atom. The first kappa shape index (κ1) is 21.3. The van der Waals surface area contributed by atoms with E-state index in [4.69, 9.17) is 26.2 Å². The van der Waals surface area contributed by atoms with Crippen LogP contribution in [-0.4, -0.2) is 74.9 Å². The minimum absolute atomic E-state index is 0.384. The van der Waals surface area contributed by atoms with Crippen LogP contribution in [-0.2, 0) is 24.0 Å². The SMILES string of the molecule is NC(CO)C(=O)NC(CCC(=O)O)C(=O)NC(CC(=O)O)C(=O)O. The van der Waals surface area contributed by atoms with E-state index in [1.807, 2.05) is 5.32 Å². The summed E-state index contributed by atoms with van der Waals surface area (Å²) in [7, 11) is 0. The first-order valence-electron chi connectivity index (χ1n) is 6.72. The monoisotopic (exact) mass is 349 g/mol. The number of hydrogen-bond acceptors (Lipinski definition) is 7. The average Bonchev–Trinajstić information content (AvgIpc) is 2.48. The summed E-state index contributed by atoms with van der Waals surface area (Å²) < 4.78 is 0. The molecule has 0 spiro atoms. The summed E-state index contributed by atoms with van der Waals surface area (Å²) >= 11 is 0. The summed E-state index contributed by atoms with van der Waals surface area (Å²) in [6, 6.07) is -4.58. The van der Waals surface area contributed by atoms with E-state index in [0.29, 0.717) is 0 Å². The van der Waals surface area contributed by atoms with Gasteiger partial charge in [-0.15, -0.1) is 0 Å². The number of carboxylic acid groups (broad SMARTS) is 3. The van der Waals surface area contributed by atoms with E-state index >= 15 is 0 Å². The number of amides is 2. The second-order valence-electron chi connectivity index (χ2n) is 4.78. The molecule has 8 N–H and O–H groups in total. The number of aliphatic hydroxyl groups excluding tert-OH is 1. The largest absolute Gasteiger partial charge is 0.481 e. The second-order valence-corrected chi connectivity index (χ2v) is 4.78. The van der Waals surface area contributed by atoms with Crippen molar-refractivity contribution in [3.63, 3.8) is 0 Å². The fourth-order valence-electron chi connectivity index (χ4n) is 1.55. The Hall–Kier alpha value is -2.73. The van der Waals surface area contributed by atoms with E-state index in [0.717, 1.165) is 0 Å². The molecule has 0 saturated carbocycles. The third kappa shape index (κ3) is 8.05. The third-order valence-corrected chi connectivity index (χ3v) is 2.81. The van der Waals surface area contributed by atoms with Crippen molar-refractivity contribution in [1.29, 1.82) is 0 Å². The molecule has 0 aliphatic carbocycles. The van der Waals surface area contributed by atoms with Crippen LogP contribution in [0, 0.1) is 0 Å². The van der Waals surface area contributed by atoms with Gasteiger partial charge in [0.25, 0.3) is 0 Å². The number of nitrogens with two attached hydrogens (primary N) is 1. The number of aliphatic hydroxyl groups is 1. The molecule has 12 heteroatoms. The first-order chi connectivity index (χ1) is 11.1. The Morgan fingerprint density at radius 1 is 0.875 bits per heavy atom. The Kier molecular flexibility index (Phi) is 8.97.